The third kappa shape index (κ3) is 1.86. The summed E-state index contributed by atoms with van der Waals surface area (Å²) in [5.74, 6) is 1.43. The lowest BCUT2D eigenvalue weighted by atomic mass is 10.1. The maximum atomic E-state index is 6.17. The maximum absolute atomic E-state index is 6.17. The van der Waals surface area contributed by atoms with Crippen molar-refractivity contribution in [1.29, 1.82) is 0 Å². The number of nitrogens with zero attached hydrogens (tertiary/aromatic N) is 3. The van der Waals surface area contributed by atoms with E-state index in [0.29, 0.717) is 12.2 Å². The van der Waals surface area contributed by atoms with Gasteiger partial charge < -0.3 is 5.73 Å². The molecule has 0 aromatic carbocycles. The zero-order valence-electron chi connectivity index (χ0n) is 11.0. The predicted octanol–water partition coefficient (Wildman–Crippen LogP) is 2.75. The number of nitrogens with two attached hydrogens (primary N) is 1. The van der Waals surface area contributed by atoms with Crippen LogP contribution >= 0.6 is 11.3 Å². The summed E-state index contributed by atoms with van der Waals surface area (Å²) >= 11 is 1.78. The van der Waals surface area contributed by atoms with E-state index in [1.54, 1.807) is 23.7 Å². The van der Waals surface area contributed by atoms with Gasteiger partial charge in [0, 0.05) is 23.7 Å². The van der Waals surface area contributed by atoms with Crippen LogP contribution in [0.15, 0.2) is 24.5 Å². The smallest absolute Gasteiger partial charge is 0.136 e. The van der Waals surface area contributed by atoms with Gasteiger partial charge in [-0.1, -0.05) is 0 Å². The van der Waals surface area contributed by atoms with Crippen LogP contribution in [0.25, 0.3) is 10.2 Å². The number of nitrogen functional groups attached to an aromatic ring is 1. The van der Waals surface area contributed by atoms with Crippen molar-refractivity contribution < 1.29 is 0 Å². The predicted molar refractivity (Wildman–Crippen MR) is 80.9 cm³/mol. The summed E-state index contributed by atoms with van der Waals surface area (Å²) in [6.07, 6.45) is 7.79. The molecule has 0 spiro atoms. The molecule has 20 heavy (non-hydrogen) atoms. The molecule has 4 rings (SSSR count). The van der Waals surface area contributed by atoms with Gasteiger partial charge >= 0.3 is 0 Å². The highest BCUT2D eigenvalue weighted by Gasteiger charge is 2.21. The Labute approximate surface area is 120 Å². The van der Waals surface area contributed by atoms with Crippen LogP contribution in [0.4, 0.5) is 5.82 Å². The highest BCUT2D eigenvalue weighted by molar-refractivity contribution is 7.19. The minimum absolute atomic E-state index is 0.637. The van der Waals surface area contributed by atoms with Gasteiger partial charge in [0.15, 0.2) is 0 Å². The first-order valence-corrected chi connectivity index (χ1v) is 7.58. The summed E-state index contributed by atoms with van der Waals surface area (Å²) in [5, 5.41) is 1.10. The SMILES string of the molecule is Nc1nc(Cc2ccncc2)nc2sc3c(c12)CCC3. The van der Waals surface area contributed by atoms with Crippen LogP contribution in [0.2, 0.25) is 0 Å². The van der Waals surface area contributed by atoms with E-state index in [-0.39, 0.29) is 0 Å². The number of pyridine rings is 1. The second-order valence-corrected chi connectivity index (χ2v) is 6.18. The standard InChI is InChI=1S/C15H14N4S/c16-14-13-10-2-1-3-11(10)20-15(13)19-12(18-14)8-9-4-6-17-7-5-9/h4-7H,1-3,8H2,(H2,16,18,19). The van der Waals surface area contributed by atoms with Crippen LogP contribution in [0.3, 0.4) is 0 Å². The Hall–Kier alpha value is -2.01. The first-order chi connectivity index (χ1) is 9.81. The molecule has 0 bridgehead atoms. The average molecular weight is 282 g/mol. The van der Waals surface area contributed by atoms with E-state index >= 15 is 0 Å². The van der Waals surface area contributed by atoms with Gasteiger partial charge in [-0.2, -0.15) is 0 Å². The normalized spacial score (nSPS) is 13.8. The molecule has 0 radical (unpaired) electrons. The molecular formula is C15H14N4S. The third-order valence-corrected chi connectivity index (χ3v) is 4.94. The molecule has 0 fully saturated rings. The first kappa shape index (κ1) is 11.8. The van der Waals surface area contributed by atoms with Crippen LogP contribution in [0.1, 0.15) is 28.2 Å². The van der Waals surface area contributed by atoms with Crippen molar-refractivity contribution >= 4 is 27.4 Å². The molecule has 0 saturated carbocycles. The monoisotopic (exact) mass is 282 g/mol. The van der Waals surface area contributed by atoms with E-state index in [1.807, 2.05) is 12.1 Å². The summed E-state index contributed by atoms with van der Waals surface area (Å²) in [5.41, 5.74) is 8.71. The molecule has 1 aliphatic carbocycles. The molecule has 0 unspecified atom stereocenters. The van der Waals surface area contributed by atoms with Gasteiger partial charge in [-0.3, -0.25) is 4.98 Å². The second kappa shape index (κ2) is 4.52. The van der Waals surface area contributed by atoms with Crippen molar-refractivity contribution in [3.05, 3.63) is 46.4 Å². The number of rotatable bonds is 2. The molecular weight excluding hydrogens is 268 g/mol. The van der Waals surface area contributed by atoms with Crippen LogP contribution in [0.5, 0.6) is 0 Å². The lowest BCUT2D eigenvalue weighted by Crippen LogP contribution is -2.01. The minimum atomic E-state index is 0.637. The quantitative estimate of drug-likeness (QED) is 0.785. The number of hydrogen-bond acceptors (Lipinski definition) is 5. The van der Waals surface area contributed by atoms with E-state index in [4.69, 9.17) is 10.7 Å². The maximum Gasteiger partial charge on any atom is 0.136 e. The van der Waals surface area contributed by atoms with Gasteiger partial charge in [0.25, 0.3) is 0 Å². The van der Waals surface area contributed by atoms with Gasteiger partial charge in [0.05, 0.1) is 5.39 Å². The fraction of sp³-hybridized carbons (Fsp3) is 0.267. The summed E-state index contributed by atoms with van der Waals surface area (Å²) in [6.45, 7) is 0. The fourth-order valence-electron chi connectivity index (χ4n) is 2.83. The summed E-state index contributed by atoms with van der Waals surface area (Å²) in [7, 11) is 0. The van der Waals surface area contributed by atoms with Crippen molar-refractivity contribution in [3.8, 4) is 0 Å². The topological polar surface area (TPSA) is 64.7 Å². The Morgan fingerprint density at radius 2 is 2.00 bits per heavy atom. The summed E-state index contributed by atoms with van der Waals surface area (Å²) in [6, 6.07) is 3.97. The number of aryl methyl sites for hydroxylation is 2. The van der Waals surface area contributed by atoms with Crippen LogP contribution < -0.4 is 5.73 Å². The molecule has 3 heterocycles. The van der Waals surface area contributed by atoms with E-state index in [1.165, 1.54) is 16.9 Å². The lowest BCUT2D eigenvalue weighted by molar-refractivity contribution is 0.916. The van der Waals surface area contributed by atoms with Crippen LogP contribution in [0, 0.1) is 0 Å². The molecule has 4 nitrogen and oxygen atoms in total. The third-order valence-electron chi connectivity index (χ3n) is 3.75. The van der Waals surface area contributed by atoms with Crippen molar-refractivity contribution in [3.63, 3.8) is 0 Å². The Balaban J connectivity index is 1.79. The van der Waals surface area contributed by atoms with Crippen LogP contribution in [-0.2, 0) is 19.3 Å². The zero-order valence-corrected chi connectivity index (χ0v) is 11.8. The van der Waals surface area contributed by atoms with Crippen LogP contribution in [-0.4, -0.2) is 15.0 Å². The molecule has 100 valence electrons. The molecule has 0 aliphatic heterocycles. The van der Waals surface area contributed by atoms with Crippen molar-refractivity contribution in [2.75, 3.05) is 5.73 Å². The van der Waals surface area contributed by atoms with Crippen molar-refractivity contribution in [1.82, 2.24) is 15.0 Å². The second-order valence-electron chi connectivity index (χ2n) is 5.09. The zero-order chi connectivity index (χ0) is 13.5. The summed E-state index contributed by atoms with van der Waals surface area (Å²) in [4.78, 5) is 15.7. The number of hydrogen-bond donors (Lipinski definition) is 1. The van der Waals surface area contributed by atoms with Crippen molar-refractivity contribution in [2.45, 2.75) is 25.7 Å². The largest absolute Gasteiger partial charge is 0.383 e. The first-order valence-electron chi connectivity index (χ1n) is 6.77. The molecule has 2 N–H and O–H groups in total. The number of aromatic nitrogens is 3. The lowest BCUT2D eigenvalue weighted by Gasteiger charge is -2.04. The van der Waals surface area contributed by atoms with Gasteiger partial charge in [0.2, 0.25) is 0 Å². The Morgan fingerprint density at radius 1 is 1.15 bits per heavy atom. The molecule has 0 saturated heterocycles. The molecule has 1 aliphatic rings. The van der Waals surface area contributed by atoms with E-state index in [2.05, 4.69) is 9.97 Å². The van der Waals surface area contributed by atoms with E-state index in [0.717, 1.165) is 34.4 Å². The molecule has 5 heteroatoms. The molecule has 0 amide bonds. The average Bonchev–Trinajstić information content (AvgIpc) is 2.99. The number of thiophene rings is 1. The molecule has 3 aromatic rings. The number of anilines is 1. The minimum Gasteiger partial charge on any atom is -0.383 e. The van der Waals surface area contributed by atoms with Crippen molar-refractivity contribution in [2.24, 2.45) is 0 Å². The van der Waals surface area contributed by atoms with Gasteiger partial charge in [0.1, 0.15) is 16.5 Å². The van der Waals surface area contributed by atoms with E-state index in [9.17, 15) is 0 Å². The Kier molecular flexibility index (Phi) is 2.67. The Bertz CT molecular complexity index is 779. The highest BCUT2D eigenvalue weighted by Crippen LogP contribution is 2.38. The molecule has 0 atom stereocenters. The van der Waals surface area contributed by atoms with E-state index < -0.39 is 0 Å². The highest BCUT2D eigenvalue weighted by atomic mass is 32.1. The fourth-order valence-corrected chi connectivity index (χ4v) is 4.12. The number of fused-ring (bicyclic) bond motifs is 3. The van der Waals surface area contributed by atoms with Gasteiger partial charge in [-0.25, -0.2) is 9.97 Å². The molecule has 3 aromatic heterocycles. The Morgan fingerprint density at radius 3 is 2.85 bits per heavy atom. The summed E-state index contributed by atoms with van der Waals surface area (Å²) < 4.78 is 0. The van der Waals surface area contributed by atoms with Gasteiger partial charge in [-0.15, -0.1) is 11.3 Å². The van der Waals surface area contributed by atoms with Gasteiger partial charge in [-0.05, 0) is 42.5 Å².